The van der Waals surface area contributed by atoms with Crippen molar-refractivity contribution in [1.82, 2.24) is 20.1 Å². The number of aryl methyl sites for hydroxylation is 1. The van der Waals surface area contributed by atoms with Crippen molar-refractivity contribution in [3.05, 3.63) is 40.4 Å². The molecule has 20 heavy (non-hydrogen) atoms. The van der Waals surface area contributed by atoms with E-state index in [1.165, 1.54) is 0 Å². The zero-order chi connectivity index (χ0) is 14.4. The van der Waals surface area contributed by atoms with Crippen LogP contribution in [0.2, 0.25) is 0 Å². The molecule has 0 radical (unpaired) electrons. The second-order valence-electron chi connectivity index (χ2n) is 4.29. The summed E-state index contributed by atoms with van der Waals surface area (Å²) in [5.41, 5.74) is 1.13. The summed E-state index contributed by atoms with van der Waals surface area (Å²) in [6.07, 6.45) is 1.56. The fourth-order valence-electron chi connectivity index (χ4n) is 1.91. The van der Waals surface area contributed by atoms with Crippen LogP contribution in [0.4, 0.5) is 0 Å². The average molecular weight is 339 g/mol. The van der Waals surface area contributed by atoms with Crippen molar-refractivity contribution in [1.29, 1.82) is 0 Å². The van der Waals surface area contributed by atoms with Gasteiger partial charge in [0.25, 0.3) is 0 Å². The van der Waals surface area contributed by atoms with E-state index in [1.54, 1.807) is 6.33 Å². The molecule has 1 N–H and O–H groups in total. The Kier molecular flexibility index (Phi) is 5.55. The van der Waals surface area contributed by atoms with Crippen LogP contribution in [0.15, 0.2) is 29.0 Å². The Balaban J connectivity index is 2.12. The molecular weight excluding hydrogens is 320 g/mol. The summed E-state index contributed by atoms with van der Waals surface area (Å²) >= 11 is 3.54. The van der Waals surface area contributed by atoms with Gasteiger partial charge in [-0.05, 0) is 35.5 Å². The lowest BCUT2D eigenvalue weighted by atomic mass is 10.2. The van der Waals surface area contributed by atoms with Crippen LogP contribution in [-0.2, 0) is 19.7 Å². The molecule has 5 nitrogen and oxygen atoms in total. The molecule has 0 unspecified atom stereocenters. The molecule has 0 aliphatic heterocycles. The van der Waals surface area contributed by atoms with Crippen molar-refractivity contribution >= 4 is 15.9 Å². The summed E-state index contributed by atoms with van der Waals surface area (Å²) in [5, 5.41) is 7.46. The molecule has 1 aromatic carbocycles. The molecule has 0 amide bonds. The molecule has 6 heteroatoms. The van der Waals surface area contributed by atoms with Crippen molar-refractivity contribution in [2.75, 3.05) is 6.54 Å². The standard InChI is InChI=1S/C14H19BrN4O/c1-3-16-8-11-6-5-7-12(15)14(11)20-9-13-17-10-18-19(13)4-2/h5-7,10,16H,3-4,8-9H2,1-2H3. The molecule has 2 rings (SSSR count). The fraction of sp³-hybridized carbons (Fsp3) is 0.429. The van der Waals surface area contributed by atoms with Crippen molar-refractivity contribution in [2.45, 2.75) is 33.5 Å². The van der Waals surface area contributed by atoms with E-state index in [-0.39, 0.29) is 0 Å². The number of aromatic nitrogens is 3. The lowest BCUT2D eigenvalue weighted by molar-refractivity contribution is 0.282. The number of para-hydroxylation sites is 1. The fourth-order valence-corrected chi connectivity index (χ4v) is 2.44. The Morgan fingerprint density at radius 1 is 1.35 bits per heavy atom. The van der Waals surface area contributed by atoms with Gasteiger partial charge in [0.05, 0.1) is 4.47 Å². The van der Waals surface area contributed by atoms with Crippen LogP contribution in [-0.4, -0.2) is 21.3 Å². The molecule has 0 bridgehead atoms. The minimum atomic E-state index is 0.412. The van der Waals surface area contributed by atoms with E-state index < -0.39 is 0 Å². The first-order valence-corrected chi connectivity index (χ1v) is 7.53. The number of hydrogen-bond acceptors (Lipinski definition) is 4. The first-order chi connectivity index (χ1) is 9.76. The van der Waals surface area contributed by atoms with Gasteiger partial charge in [-0.15, -0.1) is 0 Å². The van der Waals surface area contributed by atoms with E-state index in [2.05, 4.69) is 44.3 Å². The smallest absolute Gasteiger partial charge is 0.164 e. The minimum Gasteiger partial charge on any atom is -0.484 e. The number of benzene rings is 1. The number of ether oxygens (including phenoxy) is 1. The molecule has 1 aromatic heterocycles. The van der Waals surface area contributed by atoms with E-state index in [9.17, 15) is 0 Å². The quantitative estimate of drug-likeness (QED) is 0.843. The first kappa shape index (κ1) is 15.0. The summed E-state index contributed by atoms with van der Waals surface area (Å²) in [7, 11) is 0. The largest absolute Gasteiger partial charge is 0.484 e. The second kappa shape index (κ2) is 7.40. The van der Waals surface area contributed by atoms with Crippen LogP contribution >= 0.6 is 15.9 Å². The van der Waals surface area contributed by atoms with Crippen molar-refractivity contribution in [3.8, 4) is 5.75 Å². The second-order valence-corrected chi connectivity index (χ2v) is 5.14. The summed E-state index contributed by atoms with van der Waals surface area (Å²) in [4.78, 5) is 4.22. The van der Waals surface area contributed by atoms with Gasteiger partial charge in [-0.25, -0.2) is 9.67 Å². The number of rotatable bonds is 7. The predicted octanol–water partition coefficient (Wildman–Crippen LogP) is 2.75. The van der Waals surface area contributed by atoms with Gasteiger partial charge in [-0.1, -0.05) is 19.1 Å². The molecule has 0 fully saturated rings. The third-order valence-electron chi connectivity index (χ3n) is 2.95. The molecule has 2 aromatic rings. The molecule has 1 heterocycles. The van der Waals surface area contributed by atoms with Gasteiger partial charge in [-0.3, -0.25) is 0 Å². The van der Waals surface area contributed by atoms with Gasteiger partial charge in [0.1, 0.15) is 18.7 Å². The third kappa shape index (κ3) is 3.58. The molecule has 0 saturated heterocycles. The topological polar surface area (TPSA) is 52.0 Å². The maximum absolute atomic E-state index is 5.94. The van der Waals surface area contributed by atoms with E-state index in [0.717, 1.165) is 41.2 Å². The van der Waals surface area contributed by atoms with Gasteiger partial charge >= 0.3 is 0 Å². The Bertz CT molecular complexity index is 556. The molecule has 0 spiro atoms. The Morgan fingerprint density at radius 2 is 2.20 bits per heavy atom. The predicted molar refractivity (Wildman–Crippen MR) is 81.6 cm³/mol. The maximum atomic E-state index is 5.94. The van der Waals surface area contributed by atoms with Gasteiger partial charge < -0.3 is 10.1 Å². The third-order valence-corrected chi connectivity index (χ3v) is 3.58. The monoisotopic (exact) mass is 338 g/mol. The highest BCUT2D eigenvalue weighted by Crippen LogP contribution is 2.29. The highest BCUT2D eigenvalue weighted by Gasteiger charge is 2.10. The maximum Gasteiger partial charge on any atom is 0.164 e. The van der Waals surface area contributed by atoms with Gasteiger partial charge in [-0.2, -0.15) is 5.10 Å². The van der Waals surface area contributed by atoms with Crippen LogP contribution in [0, 0.1) is 0 Å². The van der Waals surface area contributed by atoms with Crippen molar-refractivity contribution in [2.24, 2.45) is 0 Å². The molecule has 0 atom stereocenters. The zero-order valence-corrected chi connectivity index (χ0v) is 13.4. The van der Waals surface area contributed by atoms with E-state index in [4.69, 9.17) is 4.74 Å². The summed E-state index contributed by atoms with van der Waals surface area (Å²) in [5.74, 6) is 1.69. The Hall–Kier alpha value is -1.40. The number of halogens is 1. The molecule has 0 aliphatic rings. The van der Waals surface area contributed by atoms with Crippen LogP contribution in [0.5, 0.6) is 5.75 Å². The van der Waals surface area contributed by atoms with Gasteiger partial charge in [0.15, 0.2) is 5.82 Å². The van der Waals surface area contributed by atoms with E-state index in [0.29, 0.717) is 6.61 Å². The first-order valence-electron chi connectivity index (χ1n) is 6.73. The summed E-state index contributed by atoms with van der Waals surface area (Å²) in [6, 6.07) is 6.06. The Labute approximate surface area is 127 Å². The lowest BCUT2D eigenvalue weighted by Gasteiger charge is -2.13. The van der Waals surface area contributed by atoms with Crippen LogP contribution in [0.3, 0.4) is 0 Å². The van der Waals surface area contributed by atoms with Gasteiger partial charge in [0, 0.05) is 18.7 Å². The van der Waals surface area contributed by atoms with Crippen molar-refractivity contribution in [3.63, 3.8) is 0 Å². The van der Waals surface area contributed by atoms with E-state index in [1.807, 2.05) is 23.7 Å². The molecule has 0 saturated carbocycles. The number of hydrogen-bond donors (Lipinski definition) is 1. The molecule has 108 valence electrons. The van der Waals surface area contributed by atoms with Crippen LogP contribution in [0.25, 0.3) is 0 Å². The normalized spacial score (nSPS) is 10.8. The highest BCUT2D eigenvalue weighted by molar-refractivity contribution is 9.10. The number of nitrogens with zero attached hydrogens (tertiary/aromatic N) is 3. The SMILES string of the molecule is CCNCc1cccc(Br)c1OCc1ncnn1CC. The average Bonchev–Trinajstić information content (AvgIpc) is 2.91. The van der Waals surface area contributed by atoms with E-state index >= 15 is 0 Å². The van der Waals surface area contributed by atoms with Gasteiger partial charge in [0.2, 0.25) is 0 Å². The minimum absolute atomic E-state index is 0.412. The summed E-state index contributed by atoms with van der Waals surface area (Å²) < 4.78 is 8.73. The van der Waals surface area contributed by atoms with Crippen LogP contribution in [0.1, 0.15) is 25.2 Å². The highest BCUT2D eigenvalue weighted by atomic mass is 79.9. The molecular formula is C14H19BrN4O. The zero-order valence-electron chi connectivity index (χ0n) is 11.8. The number of nitrogens with one attached hydrogen (secondary N) is 1. The lowest BCUT2D eigenvalue weighted by Crippen LogP contribution is -2.14. The Morgan fingerprint density at radius 3 is 2.95 bits per heavy atom. The van der Waals surface area contributed by atoms with Crippen molar-refractivity contribution < 1.29 is 4.74 Å². The van der Waals surface area contributed by atoms with Crippen LogP contribution < -0.4 is 10.1 Å². The molecule has 0 aliphatic carbocycles. The summed E-state index contributed by atoms with van der Waals surface area (Å²) in [6.45, 7) is 7.03.